The van der Waals surface area contributed by atoms with Gasteiger partial charge in [0.2, 0.25) is 0 Å². The van der Waals surface area contributed by atoms with Crippen LogP contribution in [-0.2, 0) is 14.4 Å². The third kappa shape index (κ3) is 2.15. The zero-order valence-corrected chi connectivity index (χ0v) is 9.58. The van der Waals surface area contributed by atoms with E-state index < -0.39 is 11.9 Å². The SMILES string of the molecule is O=C1C=c2cc3c(nc2=CC1)OC(=O)/C=C/C(=O)O3. The van der Waals surface area contributed by atoms with Crippen molar-refractivity contribution >= 4 is 29.9 Å². The second kappa shape index (κ2) is 4.16. The van der Waals surface area contributed by atoms with Gasteiger partial charge in [-0.1, -0.05) is 6.08 Å². The number of rotatable bonds is 0. The van der Waals surface area contributed by atoms with Gasteiger partial charge >= 0.3 is 11.9 Å². The Balaban J connectivity index is 2.21. The molecule has 0 atom stereocenters. The number of nitrogens with zero attached hydrogens (tertiary/aromatic N) is 1. The highest BCUT2D eigenvalue weighted by molar-refractivity contribution is 6.09. The van der Waals surface area contributed by atoms with Crippen LogP contribution in [0.2, 0.25) is 0 Å². The second-order valence-corrected chi connectivity index (χ2v) is 3.96. The van der Waals surface area contributed by atoms with Gasteiger partial charge in [0.05, 0.1) is 5.35 Å². The van der Waals surface area contributed by atoms with Gasteiger partial charge in [-0.05, 0) is 12.1 Å². The number of fused-ring (bicyclic) bond motifs is 2. The first-order valence-corrected chi connectivity index (χ1v) is 5.49. The van der Waals surface area contributed by atoms with Gasteiger partial charge in [0, 0.05) is 23.8 Å². The van der Waals surface area contributed by atoms with Crippen molar-refractivity contribution in [1.29, 1.82) is 0 Å². The third-order valence-electron chi connectivity index (χ3n) is 2.59. The van der Waals surface area contributed by atoms with Crippen molar-refractivity contribution in [2.75, 3.05) is 0 Å². The van der Waals surface area contributed by atoms with Gasteiger partial charge in [-0.25, -0.2) is 14.6 Å². The predicted molar refractivity (Wildman–Crippen MR) is 62.5 cm³/mol. The minimum Gasteiger partial charge on any atom is -0.418 e. The third-order valence-corrected chi connectivity index (χ3v) is 2.59. The molecule has 2 heterocycles. The van der Waals surface area contributed by atoms with Gasteiger partial charge in [0.1, 0.15) is 0 Å². The molecule has 0 aromatic carbocycles. The number of carbonyl (C=O) groups excluding carboxylic acids is 3. The van der Waals surface area contributed by atoms with Crippen LogP contribution < -0.4 is 20.0 Å². The average Bonchev–Trinajstić information content (AvgIpc) is 2.36. The number of hydrogen-bond donors (Lipinski definition) is 0. The molecule has 0 saturated heterocycles. The van der Waals surface area contributed by atoms with E-state index >= 15 is 0 Å². The lowest BCUT2D eigenvalue weighted by molar-refractivity contribution is -0.133. The maximum absolute atomic E-state index is 11.3. The van der Waals surface area contributed by atoms with Crippen molar-refractivity contribution < 1.29 is 23.9 Å². The summed E-state index contributed by atoms with van der Waals surface area (Å²) in [7, 11) is 0. The molecule has 0 spiro atoms. The molecule has 1 aromatic rings. The van der Waals surface area contributed by atoms with Crippen molar-refractivity contribution in [1.82, 2.24) is 4.98 Å². The van der Waals surface area contributed by atoms with E-state index in [1.807, 2.05) is 0 Å². The molecule has 6 heteroatoms. The van der Waals surface area contributed by atoms with Crippen LogP contribution in [0.15, 0.2) is 18.2 Å². The van der Waals surface area contributed by atoms with Crippen molar-refractivity contribution in [2.24, 2.45) is 0 Å². The van der Waals surface area contributed by atoms with Crippen LogP contribution in [-0.4, -0.2) is 22.7 Å². The van der Waals surface area contributed by atoms with E-state index in [1.165, 1.54) is 12.1 Å². The molecular formula is C13H7NO5. The summed E-state index contributed by atoms with van der Waals surface area (Å²) in [5.41, 5.74) is 0. The standard InChI is InChI=1S/C13H7NO5/c15-8-1-2-9-7(5-8)6-10-13(14-9)19-12(17)4-3-11(16)18-10/h2-6H,1H2/b4-3+. The number of ketones is 1. The molecule has 0 N–H and O–H groups in total. The molecule has 2 aliphatic rings. The molecule has 19 heavy (non-hydrogen) atoms. The van der Waals surface area contributed by atoms with Crippen molar-refractivity contribution in [3.8, 4) is 11.6 Å². The lowest BCUT2D eigenvalue weighted by Gasteiger charge is -2.10. The molecule has 0 saturated carbocycles. The van der Waals surface area contributed by atoms with Crippen molar-refractivity contribution in [3.63, 3.8) is 0 Å². The second-order valence-electron chi connectivity index (χ2n) is 3.96. The minimum atomic E-state index is -0.707. The quantitative estimate of drug-likeness (QED) is 0.554. The summed E-state index contributed by atoms with van der Waals surface area (Å²) in [6, 6.07) is 1.45. The van der Waals surface area contributed by atoms with E-state index in [0.29, 0.717) is 10.6 Å². The number of carbonyl (C=O) groups is 3. The highest BCUT2D eigenvalue weighted by Crippen LogP contribution is 2.22. The maximum Gasteiger partial charge on any atom is 0.337 e. The lowest BCUT2D eigenvalue weighted by atomic mass is 10.1. The van der Waals surface area contributed by atoms with Crippen molar-refractivity contribution in [2.45, 2.75) is 6.42 Å². The largest absolute Gasteiger partial charge is 0.418 e. The lowest BCUT2D eigenvalue weighted by Crippen LogP contribution is -2.33. The Morgan fingerprint density at radius 2 is 1.79 bits per heavy atom. The summed E-state index contributed by atoms with van der Waals surface area (Å²) in [4.78, 5) is 38.1. The van der Waals surface area contributed by atoms with Crippen LogP contribution in [0.25, 0.3) is 12.2 Å². The summed E-state index contributed by atoms with van der Waals surface area (Å²) < 4.78 is 9.92. The Morgan fingerprint density at radius 3 is 2.58 bits per heavy atom. The number of esters is 2. The monoisotopic (exact) mass is 257 g/mol. The van der Waals surface area contributed by atoms with Crippen LogP contribution in [0.4, 0.5) is 0 Å². The first-order valence-electron chi connectivity index (χ1n) is 5.49. The van der Waals surface area contributed by atoms with E-state index in [1.54, 1.807) is 6.08 Å². The normalized spacial score (nSPS) is 18.6. The molecule has 94 valence electrons. The molecule has 3 rings (SSSR count). The molecule has 1 aliphatic heterocycles. The summed E-state index contributed by atoms with van der Waals surface area (Å²) in [5, 5.41) is 1.05. The molecule has 0 radical (unpaired) electrons. The molecule has 1 aliphatic carbocycles. The van der Waals surface area contributed by atoms with E-state index in [9.17, 15) is 14.4 Å². The Labute approximate surface area is 106 Å². The molecule has 0 amide bonds. The minimum absolute atomic E-state index is 0.0146. The maximum atomic E-state index is 11.3. The molecule has 0 unspecified atom stereocenters. The zero-order valence-electron chi connectivity index (χ0n) is 9.58. The predicted octanol–water partition coefficient (Wildman–Crippen LogP) is -1.00. The van der Waals surface area contributed by atoms with E-state index in [2.05, 4.69) is 4.98 Å². The average molecular weight is 257 g/mol. The highest BCUT2D eigenvalue weighted by atomic mass is 16.6. The summed E-state index contributed by atoms with van der Waals surface area (Å²) >= 11 is 0. The molecule has 0 fully saturated rings. The van der Waals surface area contributed by atoms with Crippen LogP contribution >= 0.6 is 0 Å². The van der Waals surface area contributed by atoms with E-state index in [-0.39, 0.29) is 23.8 Å². The number of hydrogen-bond acceptors (Lipinski definition) is 6. The van der Waals surface area contributed by atoms with Gasteiger partial charge in [0.15, 0.2) is 11.5 Å². The smallest absolute Gasteiger partial charge is 0.337 e. The number of ether oxygens (including phenoxy) is 2. The van der Waals surface area contributed by atoms with Crippen molar-refractivity contribution in [3.05, 3.63) is 28.8 Å². The number of pyridine rings is 1. The number of Topliss-reactive ketones (excluding diaryl/α,β-unsaturated/α-hetero) is 1. The molecular weight excluding hydrogens is 250 g/mol. The Bertz CT molecular complexity index is 760. The van der Waals surface area contributed by atoms with Crippen LogP contribution in [0, 0.1) is 0 Å². The summed E-state index contributed by atoms with van der Waals surface area (Å²) in [6.45, 7) is 0. The fraction of sp³-hybridized carbons (Fsp3) is 0.0769. The fourth-order valence-electron chi connectivity index (χ4n) is 1.77. The topological polar surface area (TPSA) is 82.6 Å². The first kappa shape index (κ1) is 11.3. The summed E-state index contributed by atoms with van der Waals surface area (Å²) in [6.07, 6.45) is 5.21. The molecule has 6 nitrogen and oxygen atoms in total. The summed E-state index contributed by atoms with van der Waals surface area (Å²) in [5.74, 6) is -1.54. The van der Waals surface area contributed by atoms with E-state index in [4.69, 9.17) is 9.47 Å². The zero-order chi connectivity index (χ0) is 13.4. The van der Waals surface area contributed by atoms with E-state index in [0.717, 1.165) is 12.2 Å². The van der Waals surface area contributed by atoms with Gasteiger partial charge in [-0.15, -0.1) is 0 Å². The molecule has 0 bridgehead atoms. The Morgan fingerprint density at radius 1 is 1.05 bits per heavy atom. The Kier molecular flexibility index (Phi) is 2.49. The van der Waals surface area contributed by atoms with Gasteiger partial charge in [0.25, 0.3) is 5.88 Å². The first-order chi connectivity index (χ1) is 9.11. The van der Waals surface area contributed by atoms with Crippen LogP contribution in [0.3, 0.4) is 0 Å². The Hall–Kier alpha value is -2.76. The number of aromatic nitrogens is 1. The molecule has 1 aromatic heterocycles. The van der Waals surface area contributed by atoms with Crippen LogP contribution in [0.1, 0.15) is 6.42 Å². The van der Waals surface area contributed by atoms with Gasteiger partial charge in [-0.2, -0.15) is 0 Å². The van der Waals surface area contributed by atoms with Crippen LogP contribution in [0.5, 0.6) is 11.6 Å². The fourth-order valence-corrected chi connectivity index (χ4v) is 1.77. The van der Waals surface area contributed by atoms with Gasteiger partial charge in [-0.3, -0.25) is 4.79 Å². The highest BCUT2D eigenvalue weighted by Gasteiger charge is 2.18. The van der Waals surface area contributed by atoms with Gasteiger partial charge < -0.3 is 9.47 Å².